The fourth-order valence-electron chi connectivity index (χ4n) is 1.26. The van der Waals surface area contributed by atoms with Gasteiger partial charge < -0.3 is 4.42 Å². The fraction of sp³-hybridized carbons (Fsp3) is 0.100. The van der Waals surface area contributed by atoms with Gasteiger partial charge in [0.15, 0.2) is 0 Å². The molecular weight excluding hydrogens is 388 g/mol. The van der Waals surface area contributed by atoms with Gasteiger partial charge in [-0.05, 0) is 41.1 Å². The van der Waals surface area contributed by atoms with E-state index in [0.29, 0.717) is 10.2 Å². The number of benzene rings is 1. The van der Waals surface area contributed by atoms with Crippen LogP contribution in [0.3, 0.4) is 0 Å². The molecule has 0 saturated carbocycles. The minimum atomic E-state index is -3.72. The van der Waals surface area contributed by atoms with E-state index in [-0.39, 0.29) is 10.9 Å². The molecule has 1 aromatic carbocycles. The van der Waals surface area contributed by atoms with Gasteiger partial charge in [0.1, 0.15) is 11.2 Å². The summed E-state index contributed by atoms with van der Waals surface area (Å²) in [5.41, 5.74) is 0.600. The van der Waals surface area contributed by atoms with Crippen molar-refractivity contribution in [2.24, 2.45) is 0 Å². The summed E-state index contributed by atoms with van der Waals surface area (Å²) in [6, 6.07) is 4.71. The maximum absolute atomic E-state index is 12.1. The van der Waals surface area contributed by atoms with Crippen LogP contribution in [-0.2, 0) is 10.0 Å². The first kappa shape index (κ1) is 13.6. The summed E-state index contributed by atoms with van der Waals surface area (Å²) in [6.45, 7) is 1.71. The van der Waals surface area contributed by atoms with E-state index in [1.807, 2.05) is 0 Å². The summed E-state index contributed by atoms with van der Waals surface area (Å²) in [6.07, 6.45) is 1.37. The number of rotatable bonds is 3. The highest BCUT2D eigenvalue weighted by Crippen LogP contribution is 2.27. The van der Waals surface area contributed by atoms with Crippen LogP contribution in [-0.4, -0.2) is 13.4 Å². The molecule has 8 heteroatoms. The lowest BCUT2D eigenvalue weighted by Gasteiger charge is -2.06. The van der Waals surface area contributed by atoms with Crippen molar-refractivity contribution in [3.8, 4) is 0 Å². The van der Waals surface area contributed by atoms with Gasteiger partial charge in [-0.3, -0.25) is 0 Å². The molecule has 2 aromatic rings. The lowest BCUT2D eigenvalue weighted by Crippen LogP contribution is -2.13. The van der Waals surface area contributed by atoms with E-state index in [1.54, 1.807) is 19.1 Å². The second-order valence-corrected chi connectivity index (χ2v) is 6.90. The Labute approximate surface area is 121 Å². The van der Waals surface area contributed by atoms with Gasteiger partial charge in [0.25, 0.3) is 10.0 Å². The third kappa shape index (κ3) is 2.93. The molecular formula is C10H8Br2N2O3S. The van der Waals surface area contributed by atoms with Gasteiger partial charge >= 0.3 is 6.01 Å². The van der Waals surface area contributed by atoms with Gasteiger partial charge in [-0.1, -0.05) is 15.9 Å². The lowest BCUT2D eigenvalue weighted by molar-refractivity contribution is 0.569. The van der Waals surface area contributed by atoms with Gasteiger partial charge in [0.05, 0.1) is 5.69 Å². The Morgan fingerprint density at radius 1 is 1.33 bits per heavy atom. The normalized spacial score (nSPS) is 11.5. The summed E-state index contributed by atoms with van der Waals surface area (Å²) in [5.74, 6) is 0. The zero-order valence-electron chi connectivity index (χ0n) is 9.15. The topological polar surface area (TPSA) is 72.2 Å². The highest BCUT2D eigenvalue weighted by atomic mass is 79.9. The van der Waals surface area contributed by atoms with Crippen molar-refractivity contribution >= 4 is 47.9 Å². The zero-order valence-corrected chi connectivity index (χ0v) is 13.1. The second-order valence-electron chi connectivity index (χ2n) is 3.47. The van der Waals surface area contributed by atoms with Gasteiger partial charge in [0, 0.05) is 8.95 Å². The monoisotopic (exact) mass is 394 g/mol. The van der Waals surface area contributed by atoms with Crippen molar-refractivity contribution in [1.29, 1.82) is 0 Å². The van der Waals surface area contributed by atoms with Gasteiger partial charge in [-0.15, -0.1) is 0 Å². The molecule has 1 heterocycles. The molecule has 1 N–H and O–H groups in total. The van der Waals surface area contributed by atoms with E-state index in [4.69, 9.17) is 4.42 Å². The van der Waals surface area contributed by atoms with Gasteiger partial charge in [-0.2, -0.15) is 4.98 Å². The first-order chi connectivity index (χ1) is 8.38. The third-order valence-electron chi connectivity index (χ3n) is 2.02. The predicted molar refractivity (Wildman–Crippen MR) is 73.9 cm³/mol. The number of hydrogen-bond acceptors (Lipinski definition) is 4. The van der Waals surface area contributed by atoms with Gasteiger partial charge in [-0.25, -0.2) is 13.1 Å². The van der Waals surface area contributed by atoms with Crippen molar-refractivity contribution in [2.75, 3.05) is 4.72 Å². The smallest absolute Gasteiger partial charge is 0.309 e. The summed E-state index contributed by atoms with van der Waals surface area (Å²) in [7, 11) is -3.72. The number of nitrogens with one attached hydrogen (secondary N) is 1. The van der Waals surface area contributed by atoms with E-state index >= 15 is 0 Å². The number of oxazole rings is 1. The summed E-state index contributed by atoms with van der Waals surface area (Å²) < 4.78 is 32.6. The first-order valence-electron chi connectivity index (χ1n) is 4.78. The molecule has 0 saturated heterocycles. The number of aryl methyl sites for hydroxylation is 1. The Bertz CT molecular complexity index is 682. The Kier molecular flexibility index (Phi) is 3.79. The standard InChI is InChI=1S/C10H8Br2N2O3S/c1-6-5-17-10(13-6)14-18(15,16)9-3-2-7(11)4-8(9)12/h2-5H,1H3,(H,13,14). The van der Waals surface area contributed by atoms with Crippen molar-refractivity contribution in [2.45, 2.75) is 11.8 Å². The van der Waals surface area contributed by atoms with Crippen LogP contribution in [0.25, 0.3) is 0 Å². The van der Waals surface area contributed by atoms with Crippen molar-refractivity contribution in [1.82, 2.24) is 4.98 Å². The highest BCUT2D eigenvalue weighted by Gasteiger charge is 2.19. The van der Waals surface area contributed by atoms with E-state index in [2.05, 4.69) is 41.6 Å². The molecule has 0 radical (unpaired) electrons. The minimum Gasteiger partial charge on any atom is -0.431 e. The molecule has 96 valence electrons. The van der Waals surface area contributed by atoms with Crippen LogP contribution >= 0.6 is 31.9 Å². The second kappa shape index (κ2) is 5.02. The van der Waals surface area contributed by atoms with E-state index in [9.17, 15) is 8.42 Å². The number of halogens is 2. The van der Waals surface area contributed by atoms with Gasteiger partial charge in [0.2, 0.25) is 0 Å². The maximum Gasteiger partial charge on any atom is 0.309 e. The molecule has 1 aromatic heterocycles. The van der Waals surface area contributed by atoms with Crippen LogP contribution in [0, 0.1) is 6.92 Å². The molecule has 0 aliphatic rings. The predicted octanol–water partition coefficient (Wildman–Crippen LogP) is 3.31. The minimum absolute atomic E-state index is 0.0534. The average Bonchev–Trinajstić information content (AvgIpc) is 2.62. The summed E-state index contributed by atoms with van der Waals surface area (Å²) >= 11 is 6.46. The number of sulfonamides is 1. The third-order valence-corrected chi connectivity index (χ3v) is 4.81. The first-order valence-corrected chi connectivity index (χ1v) is 7.85. The lowest BCUT2D eigenvalue weighted by atomic mass is 10.4. The molecule has 0 atom stereocenters. The number of anilines is 1. The summed E-state index contributed by atoms with van der Waals surface area (Å²) in [5, 5.41) is 0. The number of aromatic nitrogens is 1. The van der Waals surface area contributed by atoms with E-state index < -0.39 is 10.0 Å². The molecule has 18 heavy (non-hydrogen) atoms. The Hall–Kier alpha value is -0.860. The number of nitrogens with zero attached hydrogens (tertiary/aromatic N) is 1. The van der Waals surface area contributed by atoms with Crippen molar-refractivity contribution in [3.05, 3.63) is 39.1 Å². The molecule has 0 unspecified atom stereocenters. The fourth-order valence-corrected chi connectivity index (χ4v) is 3.95. The molecule has 0 aliphatic heterocycles. The molecule has 0 spiro atoms. The number of hydrogen-bond donors (Lipinski definition) is 1. The van der Waals surface area contributed by atoms with Crippen LogP contribution in [0.5, 0.6) is 0 Å². The molecule has 5 nitrogen and oxygen atoms in total. The van der Waals surface area contributed by atoms with Crippen LogP contribution in [0.15, 0.2) is 42.7 Å². The van der Waals surface area contributed by atoms with Crippen LogP contribution in [0.1, 0.15) is 5.69 Å². The Morgan fingerprint density at radius 2 is 2.06 bits per heavy atom. The molecule has 0 bridgehead atoms. The van der Waals surface area contributed by atoms with Crippen molar-refractivity contribution in [3.63, 3.8) is 0 Å². The molecule has 0 fully saturated rings. The Balaban J connectivity index is 2.36. The van der Waals surface area contributed by atoms with Crippen LogP contribution in [0.2, 0.25) is 0 Å². The molecule has 2 rings (SSSR count). The van der Waals surface area contributed by atoms with E-state index in [1.165, 1.54) is 12.3 Å². The SMILES string of the molecule is Cc1coc(NS(=O)(=O)c2ccc(Br)cc2Br)n1. The van der Waals surface area contributed by atoms with Crippen molar-refractivity contribution < 1.29 is 12.8 Å². The van der Waals surface area contributed by atoms with Crippen LogP contribution < -0.4 is 4.72 Å². The summed E-state index contributed by atoms with van der Waals surface area (Å²) in [4.78, 5) is 4.00. The largest absolute Gasteiger partial charge is 0.431 e. The van der Waals surface area contributed by atoms with E-state index in [0.717, 1.165) is 4.47 Å². The average molecular weight is 396 g/mol. The zero-order chi connectivity index (χ0) is 13.3. The quantitative estimate of drug-likeness (QED) is 0.865. The molecule has 0 amide bonds. The highest BCUT2D eigenvalue weighted by molar-refractivity contribution is 9.11. The van der Waals surface area contributed by atoms with Crippen LogP contribution in [0.4, 0.5) is 6.01 Å². The maximum atomic E-state index is 12.1. The molecule has 0 aliphatic carbocycles. The Morgan fingerprint density at radius 3 is 2.61 bits per heavy atom.